The van der Waals surface area contributed by atoms with Crippen LogP contribution < -0.4 is 5.56 Å². The van der Waals surface area contributed by atoms with E-state index in [9.17, 15) is 4.79 Å². The second kappa shape index (κ2) is 2.64. The molecule has 1 aromatic heterocycles. The third-order valence-electron chi connectivity index (χ3n) is 1.48. The fraction of sp³-hybridized carbons (Fsp3) is 0.429. The number of H-pyrrole nitrogens is 1. The fourth-order valence-electron chi connectivity index (χ4n) is 0.864. The second-order valence-corrected chi connectivity index (χ2v) is 2.20. The van der Waals surface area contributed by atoms with Gasteiger partial charge in [0.15, 0.2) is 0 Å². The van der Waals surface area contributed by atoms with Crippen molar-refractivity contribution in [1.82, 2.24) is 10.2 Å². The molecule has 1 N–H and O–H groups in total. The molecule has 0 aliphatic rings. The molecule has 1 aromatic rings. The van der Waals surface area contributed by atoms with E-state index >= 15 is 0 Å². The van der Waals surface area contributed by atoms with Crippen LogP contribution in [0.25, 0.3) is 0 Å². The SMILES string of the molecule is CCc1cc(=O)[nH]nc1C. The van der Waals surface area contributed by atoms with Gasteiger partial charge in [0.25, 0.3) is 5.56 Å². The molecule has 10 heavy (non-hydrogen) atoms. The maximum Gasteiger partial charge on any atom is 0.264 e. The Morgan fingerprint density at radius 1 is 1.70 bits per heavy atom. The number of rotatable bonds is 1. The number of hydrogen-bond donors (Lipinski definition) is 1. The quantitative estimate of drug-likeness (QED) is 0.619. The molecule has 1 rings (SSSR count). The Kier molecular flexibility index (Phi) is 1.85. The van der Waals surface area contributed by atoms with Crippen molar-refractivity contribution in [3.8, 4) is 0 Å². The number of hydrogen-bond acceptors (Lipinski definition) is 2. The molecular formula is C7H10N2O. The van der Waals surface area contributed by atoms with Crippen LogP contribution in [0.3, 0.4) is 0 Å². The Balaban J connectivity index is 3.22. The Bertz CT molecular complexity index is 277. The summed E-state index contributed by atoms with van der Waals surface area (Å²) in [5.74, 6) is 0. The largest absolute Gasteiger partial charge is 0.268 e. The summed E-state index contributed by atoms with van der Waals surface area (Å²) >= 11 is 0. The van der Waals surface area contributed by atoms with E-state index in [2.05, 4.69) is 10.2 Å². The van der Waals surface area contributed by atoms with Crippen molar-refractivity contribution in [3.63, 3.8) is 0 Å². The number of aryl methyl sites for hydroxylation is 2. The lowest BCUT2D eigenvalue weighted by atomic mass is 10.2. The highest BCUT2D eigenvalue weighted by Gasteiger charge is 1.95. The molecule has 0 unspecified atom stereocenters. The van der Waals surface area contributed by atoms with Crippen LogP contribution >= 0.6 is 0 Å². The van der Waals surface area contributed by atoms with Crippen LogP contribution in [0, 0.1) is 6.92 Å². The minimum absolute atomic E-state index is 0.123. The van der Waals surface area contributed by atoms with Crippen LogP contribution in [0.5, 0.6) is 0 Å². The van der Waals surface area contributed by atoms with E-state index in [-0.39, 0.29) is 5.56 Å². The van der Waals surface area contributed by atoms with Crippen molar-refractivity contribution < 1.29 is 0 Å². The second-order valence-electron chi connectivity index (χ2n) is 2.20. The molecular weight excluding hydrogens is 128 g/mol. The first-order valence-corrected chi connectivity index (χ1v) is 3.29. The first-order chi connectivity index (χ1) is 4.74. The zero-order valence-electron chi connectivity index (χ0n) is 6.14. The van der Waals surface area contributed by atoms with Gasteiger partial charge in [0.1, 0.15) is 0 Å². The Hall–Kier alpha value is -1.12. The molecule has 3 heteroatoms. The van der Waals surface area contributed by atoms with Crippen LogP contribution in [0.2, 0.25) is 0 Å². The minimum atomic E-state index is -0.123. The molecule has 0 amide bonds. The lowest BCUT2D eigenvalue weighted by molar-refractivity contribution is 0.904. The molecule has 1 heterocycles. The summed E-state index contributed by atoms with van der Waals surface area (Å²) in [7, 11) is 0. The summed E-state index contributed by atoms with van der Waals surface area (Å²) in [6, 6.07) is 1.59. The molecule has 0 aliphatic heterocycles. The summed E-state index contributed by atoms with van der Waals surface area (Å²) in [6.45, 7) is 3.89. The van der Waals surface area contributed by atoms with Crippen molar-refractivity contribution >= 4 is 0 Å². The molecule has 0 aromatic carbocycles. The Morgan fingerprint density at radius 3 is 2.90 bits per heavy atom. The van der Waals surface area contributed by atoms with E-state index in [1.165, 1.54) is 0 Å². The Morgan fingerprint density at radius 2 is 2.40 bits per heavy atom. The van der Waals surface area contributed by atoms with Crippen LogP contribution in [0.4, 0.5) is 0 Å². The van der Waals surface area contributed by atoms with Crippen molar-refractivity contribution in [2.75, 3.05) is 0 Å². The molecule has 0 radical (unpaired) electrons. The predicted octanol–water partition coefficient (Wildman–Crippen LogP) is 0.641. The van der Waals surface area contributed by atoms with Gasteiger partial charge in [0, 0.05) is 6.07 Å². The average Bonchev–Trinajstić information content (AvgIpc) is 1.94. The van der Waals surface area contributed by atoms with Gasteiger partial charge in [-0.15, -0.1) is 0 Å². The minimum Gasteiger partial charge on any atom is -0.268 e. The monoisotopic (exact) mass is 138 g/mol. The van der Waals surface area contributed by atoms with Crippen molar-refractivity contribution in [1.29, 1.82) is 0 Å². The Labute approximate surface area is 59.1 Å². The van der Waals surface area contributed by atoms with E-state index in [4.69, 9.17) is 0 Å². The molecule has 0 spiro atoms. The number of aromatic nitrogens is 2. The molecule has 0 atom stereocenters. The van der Waals surface area contributed by atoms with Crippen LogP contribution in [0.15, 0.2) is 10.9 Å². The predicted molar refractivity (Wildman–Crippen MR) is 39.0 cm³/mol. The van der Waals surface area contributed by atoms with Crippen molar-refractivity contribution in [2.45, 2.75) is 20.3 Å². The number of nitrogens with zero attached hydrogens (tertiary/aromatic N) is 1. The highest BCUT2D eigenvalue weighted by molar-refractivity contribution is 5.14. The molecule has 0 fully saturated rings. The first kappa shape index (κ1) is 6.99. The van der Waals surface area contributed by atoms with Gasteiger partial charge in [0.2, 0.25) is 0 Å². The third kappa shape index (κ3) is 1.23. The summed E-state index contributed by atoms with van der Waals surface area (Å²) in [6.07, 6.45) is 0.864. The van der Waals surface area contributed by atoms with Gasteiger partial charge >= 0.3 is 0 Å². The third-order valence-corrected chi connectivity index (χ3v) is 1.48. The van der Waals surface area contributed by atoms with E-state index in [1.807, 2.05) is 13.8 Å². The molecule has 0 bridgehead atoms. The zero-order valence-corrected chi connectivity index (χ0v) is 6.14. The number of aromatic amines is 1. The highest BCUT2D eigenvalue weighted by atomic mass is 16.1. The van der Waals surface area contributed by atoms with E-state index < -0.39 is 0 Å². The molecule has 54 valence electrons. The van der Waals surface area contributed by atoms with Gasteiger partial charge in [-0.2, -0.15) is 5.10 Å². The van der Waals surface area contributed by atoms with E-state index in [0.29, 0.717) is 0 Å². The standard InChI is InChI=1S/C7H10N2O/c1-3-6-4-7(10)9-8-5(6)2/h4H,3H2,1-2H3,(H,9,10). The molecule has 0 saturated carbocycles. The fourth-order valence-corrected chi connectivity index (χ4v) is 0.864. The molecule has 3 nitrogen and oxygen atoms in total. The van der Waals surface area contributed by atoms with Crippen molar-refractivity contribution in [2.24, 2.45) is 0 Å². The lowest BCUT2D eigenvalue weighted by Gasteiger charge is -1.96. The zero-order chi connectivity index (χ0) is 7.56. The van der Waals surface area contributed by atoms with Crippen LogP contribution in [0.1, 0.15) is 18.2 Å². The lowest BCUT2D eigenvalue weighted by Crippen LogP contribution is -2.09. The maximum atomic E-state index is 10.7. The van der Waals surface area contributed by atoms with E-state index in [0.717, 1.165) is 17.7 Å². The highest BCUT2D eigenvalue weighted by Crippen LogP contribution is 1.98. The summed E-state index contributed by atoms with van der Waals surface area (Å²) in [5, 5.41) is 6.18. The molecule has 0 saturated heterocycles. The van der Waals surface area contributed by atoms with Gasteiger partial charge in [0.05, 0.1) is 5.69 Å². The van der Waals surface area contributed by atoms with Gasteiger partial charge < -0.3 is 0 Å². The first-order valence-electron chi connectivity index (χ1n) is 3.29. The van der Waals surface area contributed by atoms with Gasteiger partial charge in [-0.05, 0) is 18.9 Å². The van der Waals surface area contributed by atoms with Gasteiger partial charge in [-0.25, -0.2) is 5.10 Å². The normalized spacial score (nSPS) is 9.80. The van der Waals surface area contributed by atoms with Crippen molar-refractivity contribution in [3.05, 3.63) is 27.7 Å². The summed E-state index contributed by atoms with van der Waals surface area (Å²) < 4.78 is 0. The van der Waals surface area contributed by atoms with Gasteiger partial charge in [-0.1, -0.05) is 6.92 Å². The maximum absolute atomic E-state index is 10.7. The average molecular weight is 138 g/mol. The summed E-state index contributed by atoms with van der Waals surface area (Å²) in [4.78, 5) is 10.7. The summed E-state index contributed by atoms with van der Waals surface area (Å²) in [5.41, 5.74) is 1.80. The molecule has 0 aliphatic carbocycles. The van der Waals surface area contributed by atoms with E-state index in [1.54, 1.807) is 6.07 Å². The van der Waals surface area contributed by atoms with Crippen LogP contribution in [-0.2, 0) is 6.42 Å². The van der Waals surface area contributed by atoms with Crippen LogP contribution in [-0.4, -0.2) is 10.2 Å². The van der Waals surface area contributed by atoms with Gasteiger partial charge in [-0.3, -0.25) is 4.79 Å². The smallest absolute Gasteiger partial charge is 0.264 e. The topological polar surface area (TPSA) is 45.8 Å². The number of nitrogens with one attached hydrogen (secondary N) is 1.